The number of pyridine rings is 1. The molecule has 0 saturated heterocycles. The smallest absolute Gasteiger partial charge is 0.236 e. The highest BCUT2D eigenvalue weighted by atomic mass is 16.2. The SMILES string of the molecule is CC(C)(C)NCC(=O)N1CCc2ncccc2C1. The molecular formula is C14H21N3O. The Bertz CT molecular complexity index is 437. The summed E-state index contributed by atoms with van der Waals surface area (Å²) in [4.78, 5) is 18.3. The molecule has 0 aromatic carbocycles. The van der Waals surface area contributed by atoms with Crippen molar-refractivity contribution in [3.8, 4) is 0 Å². The van der Waals surface area contributed by atoms with Gasteiger partial charge in [-0.3, -0.25) is 9.78 Å². The van der Waals surface area contributed by atoms with Crippen LogP contribution in [-0.2, 0) is 17.8 Å². The fourth-order valence-corrected chi connectivity index (χ4v) is 2.03. The van der Waals surface area contributed by atoms with Crippen LogP contribution in [0, 0.1) is 0 Å². The van der Waals surface area contributed by atoms with E-state index in [4.69, 9.17) is 0 Å². The second kappa shape index (κ2) is 5.06. The van der Waals surface area contributed by atoms with Crippen molar-refractivity contribution < 1.29 is 4.79 Å². The Hall–Kier alpha value is -1.42. The van der Waals surface area contributed by atoms with Crippen molar-refractivity contribution in [1.29, 1.82) is 0 Å². The Balaban J connectivity index is 1.95. The van der Waals surface area contributed by atoms with Crippen molar-refractivity contribution in [3.63, 3.8) is 0 Å². The maximum atomic E-state index is 12.1. The van der Waals surface area contributed by atoms with Gasteiger partial charge in [0.15, 0.2) is 0 Å². The highest BCUT2D eigenvalue weighted by molar-refractivity contribution is 5.78. The van der Waals surface area contributed by atoms with Gasteiger partial charge >= 0.3 is 0 Å². The van der Waals surface area contributed by atoms with Gasteiger partial charge in [0, 0.05) is 36.9 Å². The van der Waals surface area contributed by atoms with Crippen LogP contribution in [0.25, 0.3) is 0 Å². The molecule has 1 aliphatic heterocycles. The van der Waals surface area contributed by atoms with Crippen LogP contribution in [0.2, 0.25) is 0 Å². The number of carbonyl (C=O) groups excluding carboxylic acids is 1. The van der Waals surface area contributed by atoms with Crippen molar-refractivity contribution in [1.82, 2.24) is 15.2 Å². The Morgan fingerprint density at radius 1 is 1.50 bits per heavy atom. The van der Waals surface area contributed by atoms with Crippen LogP contribution < -0.4 is 5.32 Å². The quantitative estimate of drug-likeness (QED) is 0.858. The van der Waals surface area contributed by atoms with Crippen LogP contribution in [0.3, 0.4) is 0 Å². The van der Waals surface area contributed by atoms with E-state index in [2.05, 4.69) is 37.1 Å². The van der Waals surface area contributed by atoms with Crippen LogP contribution in [0.5, 0.6) is 0 Å². The Kier molecular flexibility index (Phi) is 3.66. The summed E-state index contributed by atoms with van der Waals surface area (Å²) in [5.74, 6) is 0.166. The summed E-state index contributed by atoms with van der Waals surface area (Å²) >= 11 is 0. The first-order valence-corrected chi connectivity index (χ1v) is 6.41. The van der Waals surface area contributed by atoms with Gasteiger partial charge in [-0.05, 0) is 32.4 Å². The normalized spacial score (nSPS) is 15.4. The molecular weight excluding hydrogens is 226 g/mol. The largest absolute Gasteiger partial charge is 0.337 e. The van der Waals surface area contributed by atoms with Crippen LogP contribution in [-0.4, -0.2) is 34.4 Å². The first kappa shape index (κ1) is 13.0. The average molecular weight is 247 g/mol. The van der Waals surface area contributed by atoms with Gasteiger partial charge in [0.25, 0.3) is 0 Å². The lowest BCUT2D eigenvalue weighted by atomic mass is 10.1. The zero-order chi connectivity index (χ0) is 13.2. The molecule has 2 rings (SSSR count). The number of rotatable bonds is 2. The molecule has 1 aromatic rings. The van der Waals surface area contributed by atoms with Crippen molar-refractivity contribution in [2.45, 2.75) is 39.3 Å². The number of hydrogen-bond donors (Lipinski definition) is 1. The molecule has 0 spiro atoms. The van der Waals surface area contributed by atoms with Crippen LogP contribution >= 0.6 is 0 Å². The predicted octanol–water partition coefficient (Wildman–Crippen LogP) is 1.35. The standard InChI is InChI=1S/C14H21N3O/c1-14(2,3)16-9-13(18)17-8-6-12-11(10-17)5-4-7-15-12/h4-5,7,16H,6,8-10H2,1-3H3. The summed E-state index contributed by atoms with van der Waals surface area (Å²) in [6.45, 7) is 8.06. The maximum absolute atomic E-state index is 12.1. The highest BCUT2D eigenvalue weighted by Gasteiger charge is 2.22. The lowest BCUT2D eigenvalue weighted by Gasteiger charge is -2.29. The van der Waals surface area contributed by atoms with Gasteiger partial charge in [-0.1, -0.05) is 6.07 Å². The third kappa shape index (κ3) is 3.29. The molecule has 0 fully saturated rings. The van der Waals surface area contributed by atoms with Gasteiger partial charge in [-0.25, -0.2) is 0 Å². The minimum atomic E-state index is -0.0229. The molecule has 0 unspecified atom stereocenters. The van der Waals surface area contributed by atoms with E-state index in [1.54, 1.807) is 0 Å². The Morgan fingerprint density at radius 2 is 2.28 bits per heavy atom. The lowest BCUT2D eigenvalue weighted by Crippen LogP contribution is -2.46. The fourth-order valence-electron chi connectivity index (χ4n) is 2.03. The first-order chi connectivity index (χ1) is 8.46. The van der Waals surface area contributed by atoms with E-state index in [0.29, 0.717) is 13.1 Å². The highest BCUT2D eigenvalue weighted by Crippen LogP contribution is 2.16. The minimum absolute atomic E-state index is 0.0229. The van der Waals surface area contributed by atoms with E-state index in [1.807, 2.05) is 17.2 Å². The molecule has 0 saturated carbocycles. The second-order valence-corrected chi connectivity index (χ2v) is 5.78. The fraction of sp³-hybridized carbons (Fsp3) is 0.571. The predicted molar refractivity (Wildman–Crippen MR) is 71.1 cm³/mol. The third-order valence-corrected chi connectivity index (χ3v) is 3.09. The summed E-state index contributed by atoms with van der Waals surface area (Å²) in [6.07, 6.45) is 2.68. The number of carbonyl (C=O) groups is 1. The summed E-state index contributed by atoms with van der Waals surface area (Å²) in [7, 11) is 0. The van der Waals surface area contributed by atoms with Crippen molar-refractivity contribution in [3.05, 3.63) is 29.6 Å². The zero-order valence-corrected chi connectivity index (χ0v) is 11.4. The molecule has 0 atom stereocenters. The van der Waals surface area contributed by atoms with Gasteiger partial charge in [0.1, 0.15) is 0 Å². The summed E-state index contributed by atoms with van der Waals surface area (Å²) in [5.41, 5.74) is 2.28. The van der Waals surface area contributed by atoms with Gasteiger partial charge in [-0.15, -0.1) is 0 Å². The minimum Gasteiger partial charge on any atom is -0.337 e. The third-order valence-electron chi connectivity index (χ3n) is 3.09. The molecule has 1 aliphatic rings. The molecule has 1 amide bonds. The Morgan fingerprint density at radius 3 is 3.00 bits per heavy atom. The Labute approximate surface area is 108 Å². The number of nitrogens with zero attached hydrogens (tertiary/aromatic N) is 2. The molecule has 1 N–H and O–H groups in total. The molecule has 0 radical (unpaired) electrons. The van der Waals surface area contributed by atoms with Gasteiger partial charge in [0.2, 0.25) is 5.91 Å². The van der Waals surface area contributed by atoms with E-state index in [0.717, 1.165) is 18.7 Å². The van der Waals surface area contributed by atoms with E-state index in [1.165, 1.54) is 5.56 Å². The van der Waals surface area contributed by atoms with Gasteiger partial charge in [-0.2, -0.15) is 0 Å². The van der Waals surface area contributed by atoms with E-state index < -0.39 is 0 Å². The van der Waals surface area contributed by atoms with E-state index >= 15 is 0 Å². The van der Waals surface area contributed by atoms with Crippen molar-refractivity contribution >= 4 is 5.91 Å². The van der Waals surface area contributed by atoms with Crippen LogP contribution in [0.1, 0.15) is 32.0 Å². The van der Waals surface area contributed by atoms with Gasteiger partial charge in [0.05, 0.1) is 6.54 Å². The number of amides is 1. The topological polar surface area (TPSA) is 45.2 Å². The second-order valence-electron chi connectivity index (χ2n) is 5.78. The summed E-state index contributed by atoms with van der Waals surface area (Å²) < 4.78 is 0. The molecule has 4 nitrogen and oxygen atoms in total. The average Bonchev–Trinajstić information content (AvgIpc) is 2.34. The van der Waals surface area contributed by atoms with E-state index in [9.17, 15) is 4.79 Å². The van der Waals surface area contributed by atoms with Crippen molar-refractivity contribution in [2.24, 2.45) is 0 Å². The van der Waals surface area contributed by atoms with Crippen LogP contribution in [0.15, 0.2) is 18.3 Å². The zero-order valence-electron chi connectivity index (χ0n) is 11.4. The number of aromatic nitrogens is 1. The maximum Gasteiger partial charge on any atom is 0.236 e. The lowest BCUT2D eigenvalue weighted by molar-refractivity contribution is -0.131. The van der Waals surface area contributed by atoms with E-state index in [-0.39, 0.29) is 11.4 Å². The molecule has 18 heavy (non-hydrogen) atoms. The molecule has 98 valence electrons. The monoisotopic (exact) mass is 247 g/mol. The van der Waals surface area contributed by atoms with Crippen molar-refractivity contribution in [2.75, 3.05) is 13.1 Å². The molecule has 2 heterocycles. The summed E-state index contributed by atoms with van der Waals surface area (Å²) in [5, 5.41) is 3.24. The number of fused-ring (bicyclic) bond motifs is 1. The molecule has 0 bridgehead atoms. The number of hydrogen-bond acceptors (Lipinski definition) is 3. The van der Waals surface area contributed by atoms with Gasteiger partial charge < -0.3 is 10.2 Å². The number of nitrogens with one attached hydrogen (secondary N) is 1. The summed E-state index contributed by atoms with van der Waals surface area (Å²) in [6, 6.07) is 3.99. The van der Waals surface area contributed by atoms with Crippen LogP contribution in [0.4, 0.5) is 0 Å². The first-order valence-electron chi connectivity index (χ1n) is 6.41. The molecule has 1 aromatic heterocycles. The molecule has 4 heteroatoms. The molecule has 0 aliphatic carbocycles.